The van der Waals surface area contributed by atoms with E-state index in [1.54, 1.807) is 6.92 Å². The van der Waals surface area contributed by atoms with E-state index in [0.717, 1.165) is 12.8 Å². The molecule has 5 nitrogen and oxygen atoms in total. The molecule has 2 rings (SSSR count). The number of nitrogens with one attached hydrogen (secondary N) is 1. The molecule has 1 aromatic carbocycles. The number of hydrogen-bond acceptors (Lipinski definition) is 3. The minimum atomic E-state index is -1.02. The molecule has 0 aliphatic heterocycles. The summed E-state index contributed by atoms with van der Waals surface area (Å²) in [5.74, 6) is -0.579. The Bertz CT molecular complexity index is 729. The first-order chi connectivity index (χ1) is 11.9. The summed E-state index contributed by atoms with van der Waals surface area (Å²) in [6.07, 6.45) is 2.82. The summed E-state index contributed by atoms with van der Waals surface area (Å²) in [6, 6.07) is 8.54. The number of hydrogen-bond donors (Lipinski definition) is 2. The van der Waals surface area contributed by atoms with Crippen LogP contribution in [0.1, 0.15) is 59.0 Å². The zero-order valence-corrected chi connectivity index (χ0v) is 15.0. The number of aryl methyl sites for hydroxylation is 2. The summed E-state index contributed by atoms with van der Waals surface area (Å²) in [4.78, 5) is 23.1. The van der Waals surface area contributed by atoms with E-state index < -0.39 is 5.97 Å². The molecule has 2 N–H and O–H groups in total. The van der Waals surface area contributed by atoms with Gasteiger partial charge in [-0.3, -0.25) is 9.59 Å². The van der Waals surface area contributed by atoms with Gasteiger partial charge in [-0.1, -0.05) is 38.1 Å². The molecule has 0 saturated heterocycles. The maximum Gasteiger partial charge on any atom is 0.311 e. The Morgan fingerprint density at radius 1 is 1.20 bits per heavy atom. The van der Waals surface area contributed by atoms with E-state index in [-0.39, 0.29) is 18.1 Å². The molecule has 1 amide bonds. The molecular formula is C20H25NO4. The molecule has 0 bridgehead atoms. The largest absolute Gasteiger partial charge is 0.481 e. The normalized spacial score (nSPS) is 10.9. The molecule has 0 saturated carbocycles. The fourth-order valence-corrected chi connectivity index (χ4v) is 2.72. The zero-order valence-electron chi connectivity index (χ0n) is 15.0. The Morgan fingerprint density at radius 2 is 1.88 bits per heavy atom. The van der Waals surface area contributed by atoms with E-state index in [1.807, 2.05) is 0 Å². The van der Waals surface area contributed by atoms with Crippen molar-refractivity contribution in [3.05, 3.63) is 58.5 Å². The number of carbonyl (C=O) groups is 2. The van der Waals surface area contributed by atoms with Crippen molar-refractivity contribution in [1.29, 1.82) is 0 Å². The average molecular weight is 343 g/mol. The van der Waals surface area contributed by atoms with Crippen LogP contribution in [0.4, 0.5) is 0 Å². The highest BCUT2D eigenvalue weighted by molar-refractivity contribution is 5.97. The van der Waals surface area contributed by atoms with Crippen LogP contribution in [0.2, 0.25) is 0 Å². The van der Waals surface area contributed by atoms with Gasteiger partial charge in [-0.15, -0.1) is 0 Å². The third-order valence-electron chi connectivity index (χ3n) is 4.16. The highest BCUT2D eigenvalue weighted by Gasteiger charge is 2.20. The van der Waals surface area contributed by atoms with Gasteiger partial charge in [0.25, 0.3) is 5.91 Å². The first-order valence-corrected chi connectivity index (χ1v) is 8.54. The van der Waals surface area contributed by atoms with Gasteiger partial charge < -0.3 is 14.8 Å². The lowest BCUT2D eigenvalue weighted by atomic mass is 10.0. The van der Waals surface area contributed by atoms with Crippen LogP contribution < -0.4 is 5.32 Å². The van der Waals surface area contributed by atoms with E-state index in [4.69, 9.17) is 9.52 Å². The predicted octanol–water partition coefficient (Wildman–Crippen LogP) is 3.70. The summed E-state index contributed by atoms with van der Waals surface area (Å²) < 4.78 is 5.19. The third kappa shape index (κ3) is 5.21. The number of rotatable bonds is 8. The van der Waals surface area contributed by atoms with Crippen LogP contribution in [0.5, 0.6) is 0 Å². The average Bonchev–Trinajstić information content (AvgIpc) is 2.91. The summed E-state index contributed by atoms with van der Waals surface area (Å²) >= 11 is 0. The van der Waals surface area contributed by atoms with Crippen LogP contribution in [0, 0.1) is 6.92 Å². The molecule has 0 aliphatic rings. The smallest absolute Gasteiger partial charge is 0.311 e. The first-order valence-electron chi connectivity index (χ1n) is 8.54. The lowest BCUT2D eigenvalue weighted by molar-refractivity contribution is -0.136. The van der Waals surface area contributed by atoms with E-state index in [2.05, 4.69) is 43.4 Å². The molecule has 0 spiro atoms. The van der Waals surface area contributed by atoms with Gasteiger partial charge in [0.1, 0.15) is 12.2 Å². The monoisotopic (exact) mass is 343 g/mol. The Kier molecular flexibility index (Phi) is 6.39. The number of carboxylic acids is 1. The Morgan fingerprint density at radius 3 is 2.48 bits per heavy atom. The SMILES string of the molecule is Cc1coc(CC(=O)O)c1C(=O)NCCCc1ccc(C(C)C)cc1. The zero-order chi connectivity index (χ0) is 18.4. The molecule has 0 radical (unpaired) electrons. The number of aliphatic carboxylic acids is 1. The highest BCUT2D eigenvalue weighted by atomic mass is 16.4. The second-order valence-electron chi connectivity index (χ2n) is 6.54. The molecule has 0 unspecified atom stereocenters. The van der Waals surface area contributed by atoms with E-state index in [0.29, 0.717) is 23.6 Å². The van der Waals surface area contributed by atoms with Gasteiger partial charge in [-0.2, -0.15) is 0 Å². The molecule has 1 aromatic heterocycles. The number of carboxylic acid groups (broad SMARTS) is 1. The number of carbonyl (C=O) groups excluding carboxylic acids is 1. The molecule has 1 heterocycles. The van der Waals surface area contributed by atoms with Crippen molar-refractivity contribution in [2.75, 3.05) is 6.54 Å². The van der Waals surface area contributed by atoms with Crippen LogP contribution in [0.3, 0.4) is 0 Å². The van der Waals surface area contributed by atoms with Crippen molar-refractivity contribution in [1.82, 2.24) is 5.32 Å². The number of amides is 1. The van der Waals surface area contributed by atoms with Crippen molar-refractivity contribution < 1.29 is 19.1 Å². The molecule has 0 fully saturated rings. The van der Waals surface area contributed by atoms with E-state index in [9.17, 15) is 9.59 Å². The number of benzene rings is 1. The van der Waals surface area contributed by atoms with Gasteiger partial charge in [0.15, 0.2) is 0 Å². The topological polar surface area (TPSA) is 79.5 Å². The van der Waals surface area contributed by atoms with Gasteiger partial charge in [0.2, 0.25) is 0 Å². The lowest BCUT2D eigenvalue weighted by Crippen LogP contribution is -2.26. The van der Waals surface area contributed by atoms with Gasteiger partial charge in [0, 0.05) is 12.1 Å². The quantitative estimate of drug-likeness (QED) is 0.716. The Hall–Kier alpha value is -2.56. The fraction of sp³-hybridized carbons (Fsp3) is 0.400. The summed E-state index contributed by atoms with van der Waals surface area (Å²) in [7, 11) is 0. The molecule has 134 valence electrons. The van der Waals surface area contributed by atoms with Crippen molar-refractivity contribution in [3.63, 3.8) is 0 Å². The maximum atomic E-state index is 12.3. The molecular weight excluding hydrogens is 318 g/mol. The predicted molar refractivity (Wildman–Crippen MR) is 96.0 cm³/mol. The fourth-order valence-electron chi connectivity index (χ4n) is 2.72. The summed E-state index contributed by atoms with van der Waals surface area (Å²) in [5, 5.41) is 11.7. The van der Waals surface area contributed by atoms with Crippen molar-refractivity contribution in [2.45, 2.75) is 46.0 Å². The molecule has 25 heavy (non-hydrogen) atoms. The Balaban J connectivity index is 1.84. The van der Waals surface area contributed by atoms with Crippen LogP contribution >= 0.6 is 0 Å². The van der Waals surface area contributed by atoms with Gasteiger partial charge in [-0.05, 0) is 36.8 Å². The minimum absolute atomic E-state index is 0.201. The molecule has 5 heteroatoms. The van der Waals surface area contributed by atoms with Crippen molar-refractivity contribution in [3.8, 4) is 0 Å². The Labute approximate surface area is 148 Å². The van der Waals surface area contributed by atoms with Crippen molar-refractivity contribution >= 4 is 11.9 Å². The highest BCUT2D eigenvalue weighted by Crippen LogP contribution is 2.18. The molecule has 0 aliphatic carbocycles. The molecule has 0 atom stereocenters. The van der Waals surface area contributed by atoms with Crippen LogP contribution in [-0.2, 0) is 17.6 Å². The second-order valence-corrected chi connectivity index (χ2v) is 6.54. The minimum Gasteiger partial charge on any atom is -0.481 e. The van der Waals surface area contributed by atoms with Crippen LogP contribution in [-0.4, -0.2) is 23.5 Å². The van der Waals surface area contributed by atoms with E-state index >= 15 is 0 Å². The molecule has 2 aromatic rings. The first kappa shape index (κ1) is 18.8. The number of furan rings is 1. The van der Waals surface area contributed by atoms with Gasteiger partial charge in [0.05, 0.1) is 11.8 Å². The van der Waals surface area contributed by atoms with E-state index in [1.165, 1.54) is 17.4 Å². The third-order valence-corrected chi connectivity index (χ3v) is 4.16. The van der Waals surface area contributed by atoms with Gasteiger partial charge in [-0.25, -0.2) is 0 Å². The second kappa shape index (κ2) is 8.51. The van der Waals surface area contributed by atoms with Crippen molar-refractivity contribution in [2.24, 2.45) is 0 Å². The summed E-state index contributed by atoms with van der Waals surface area (Å²) in [6.45, 7) is 6.60. The maximum absolute atomic E-state index is 12.3. The standard InChI is InChI=1S/C20H25NO4/c1-13(2)16-8-6-15(7-9-16)5-4-10-21-20(24)19-14(3)12-25-17(19)11-18(22)23/h6-9,12-13H,4-5,10-11H2,1-3H3,(H,21,24)(H,22,23). The van der Waals surface area contributed by atoms with Crippen LogP contribution in [0.15, 0.2) is 34.9 Å². The van der Waals surface area contributed by atoms with Crippen LogP contribution in [0.25, 0.3) is 0 Å². The summed E-state index contributed by atoms with van der Waals surface area (Å²) in [5.41, 5.74) is 3.55. The lowest BCUT2D eigenvalue weighted by Gasteiger charge is -2.08. The van der Waals surface area contributed by atoms with Gasteiger partial charge >= 0.3 is 5.97 Å².